The summed E-state index contributed by atoms with van der Waals surface area (Å²) in [5.41, 5.74) is 1.86. The molecule has 0 unspecified atom stereocenters. The highest BCUT2D eigenvalue weighted by Crippen LogP contribution is 2.69. The summed E-state index contributed by atoms with van der Waals surface area (Å²) in [5, 5.41) is 16.7. The summed E-state index contributed by atoms with van der Waals surface area (Å²) in [4.78, 5) is 9.14. The lowest BCUT2D eigenvalue weighted by Gasteiger charge is -2.37. The molecular formula is C24H20F2N6O. The van der Waals surface area contributed by atoms with E-state index in [1.807, 2.05) is 6.07 Å². The van der Waals surface area contributed by atoms with Crippen LogP contribution in [0.3, 0.4) is 0 Å². The van der Waals surface area contributed by atoms with E-state index in [0.29, 0.717) is 11.7 Å². The second kappa shape index (κ2) is 6.69. The van der Waals surface area contributed by atoms with E-state index in [1.165, 1.54) is 18.2 Å². The highest BCUT2D eigenvalue weighted by molar-refractivity contribution is 5.64. The first-order valence-corrected chi connectivity index (χ1v) is 10.8. The van der Waals surface area contributed by atoms with E-state index in [-0.39, 0.29) is 28.5 Å². The second-order valence-electron chi connectivity index (χ2n) is 9.24. The van der Waals surface area contributed by atoms with Crippen LogP contribution in [-0.4, -0.2) is 30.4 Å². The molecule has 166 valence electrons. The number of aryl methyl sites for hydroxylation is 1. The van der Waals surface area contributed by atoms with Crippen LogP contribution >= 0.6 is 0 Å². The molecule has 33 heavy (non-hydrogen) atoms. The zero-order chi connectivity index (χ0) is 23.0. The van der Waals surface area contributed by atoms with Crippen LogP contribution in [-0.2, 0) is 5.41 Å². The van der Waals surface area contributed by atoms with Crippen molar-refractivity contribution in [3.05, 3.63) is 71.0 Å². The van der Waals surface area contributed by atoms with Crippen LogP contribution < -0.4 is 0 Å². The molecule has 4 aromatic rings. The molecule has 2 bridgehead atoms. The van der Waals surface area contributed by atoms with Crippen LogP contribution in [0.1, 0.15) is 55.4 Å². The molecule has 0 amide bonds. The van der Waals surface area contributed by atoms with Gasteiger partial charge in [-0.25, -0.2) is 18.7 Å². The van der Waals surface area contributed by atoms with E-state index < -0.39 is 17.0 Å². The summed E-state index contributed by atoms with van der Waals surface area (Å²) < 4.78 is 34.4. The molecule has 6 rings (SSSR count). The Kier molecular flexibility index (Phi) is 4.06. The first kappa shape index (κ1) is 20.0. The molecule has 1 aromatic carbocycles. The van der Waals surface area contributed by atoms with Gasteiger partial charge in [0.1, 0.15) is 11.6 Å². The molecule has 0 aliphatic heterocycles. The average molecular weight is 446 g/mol. The Bertz CT molecular complexity index is 1400. The molecule has 0 spiro atoms. The summed E-state index contributed by atoms with van der Waals surface area (Å²) in [5.74, 6) is -0.113. The zero-order valence-corrected chi connectivity index (χ0v) is 18.3. The Morgan fingerprint density at radius 1 is 1.03 bits per heavy atom. The van der Waals surface area contributed by atoms with Gasteiger partial charge in [0.25, 0.3) is 5.89 Å². The molecule has 1 saturated carbocycles. The second-order valence-corrected chi connectivity index (χ2v) is 9.24. The number of nitrogens with zero attached hydrogens (tertiary/aromatic N) is 6. The van der Waals surface area contributed by atoms with Gasteiger partial charge in [-0.15, -0.1) is 15.3 Å². The van der Waals surface area contributed by atoms with Crippen LogP contribution in [0.25, 0.3) is 23.0 Å². The first-order valence-electron chi connectivity index (χ1n) is 10.8. The van der Waals surface area contributed by atoms with Crippen molar-refractivity contribution in [3.63, 3.8) is 0 Å². The van der Waals surface area contributed by atoms with Crippen LogP contribution in [0.5, 0.6) is 0 Å². The van der Waals surface area contributed by atoms with Crippen LogP contribution in [0.2, 0.25) is 0 Å². The van der Waals surface area contributed by atoms with Gasteiger partial charge in [0, 0.05) is 13.1 Å². The van der Waals surface area contributed by atoms with Crippen molar-refractivity contribution < 1.29 is 13.2 Å². The van der Waals surface area contributed by atoms with E-state index in [2.05, 4.69) is 39.2 Å². The largest absolute Gasteiger partial charge is 0.418 e. The zero-order valence-electron chi connectivity index (χ0n) is 18.3. The smallest absolute Gasteiger partial charge is 0.285 e. The molecule has 3 aromatic heterocycles. The van der Waals surface area contributed by atoms with Crippen LogP contribution in [0.4, 0.5) is 8.78 Å². The van der Waals surface area contributed by atoms with Crippen molar-refractivity contribution in [2.75, 3.05) is 0 Å². The minimum atomic E-state index is -0.656. The lowest BCUT2D eigenvalue weighted by molar-refractivity contribution is 0.242. The molecule has 7 nitrogen and oxygen atoms in total. The summed E-state index contributed by atoms with van der Waals surface area (Å²) in [7, 11) is 0. The van der Waals surface area contributed by atoms with Crippen molar-refractivity contribution in [2.24, 2.45) is 5.41 Å². The fourth-order valence-electron chi connectivity index (χ4n) is 5.84. The maximum atomic E-state index is 14.4. The highest BCUT2D eigenvalue weighted by atomic mass is 19.1. The standard InChI is InChI=1S/C24H20F2N6O/c1-12-29-32-22(33-12)21-27-10-8-18(28-21)24-9-7-14(23(24,2)3)13-11-17(30-31-20(13)24)19-15(25)5-4-6-16(19)26/h4-6,8,10-11,14H,7,9H2,1-3H3/t14-,24-/m0/s1. The number of aromatic nitrogens is 6. The van der Waals surface area contributed by atoms with Gasteiger partial charge in [-0.2, -0.15) is 5.10 Å². The molecule has 2 atom stereocenters. The summed E-state index contributed by atoms with van der Waals surface area (Å²) >= 11 is 0. The maximum absolute atomic E-state index is 14.4. The molecule has 0 N–H and O–H groups in total. The van der Waals surface area contributed by atoms with Crippen LogP contribution in [0.15, 0.2) is 40.9 Å². The third kappa shape index (κ3) is 2.59. The van der Waals surface area contributed by atoms with Gasteiger partial charge >= 0.3 is 0 Å². The van der Waals surface area contributed by atoms with Gasteiger partial charge in [-0.3, -0.25) is 0 Å². The number of benzene rings is 1. The van der Waals surface area contributed by atoms with Gasteiger partial charge in [0.15, 0.2) is 0 Å². The Morgan fingerprint density at radius 3 is 2.55 bits per heavy atom. The van der Waals surface area contributed by atoms with Crippen molar-refractivity contribution in [3.8, 4) is 23.0 Å². The Morgan fingerprint density at radius 2 is 1.82 bits per heavy atom. The molecule has 9 heteroatoms. The molecule has 0 radical (unpaired) electrons. The lowest BCUT2D eigenvalue weighted by Crippen LogP contribution is -2.38. The molecule has 2 aliphatic rings. The van der Waals surface area contributed by atoms with Gasteiger partial charge in [0.2, 0.25) is 11.7 Å². The molecule has 1 fully saturated rings. The van der Waals surface area contributed by atoms with Gasteiger partial charge in [-0.1, -0.05) is 19.9 Å². The SMILES string of the molecule is Cc1nnc(-c2nccc([C@@]34CC[C@@H](c5cc(-c6c(F)cccc6F)nnc53)C4(C)C)n2)o1. The Balaban J connectivity index is 1.53. The number of hydrogen-bond acceptors (Lipinski definition) is 7. The summed E-state index contributed by atoms with van der Waals surface area (Å²) in [6, 6.07) is 7.48. The topological polar surface area (TPSA) is 90.5 Å². The molecule has 2 aliphatic carbocycles. The molecular weight excluding hydrogens is 426 g/mol. The third-order valence-corrected chi connectivity index (χ3v) is 7.41. The number of hydrogen-bond donors (Lipinski definition) is 0. The van der Waals surface area contributed by atoms with Crippen molar-refractivity contribution >= 4 is 0 Å². The van der Waals surface area contributed by atoms with Crippen molar-refractivity contribution in [1.29, 1.82) is 0 Å². The normalized spacial score (nSPS) is 22.5. The van der Waals surface area contributed by atoms with Gasteiger partial charge < -0.3 is 4.42 Å². The van der Waals surface area contributed by atoms with E-state index in [0.717, 1.165) is 29.8 Å². The maximum Gasteiger partial charge on any atom is 0.285 e. The average Bonchev–Trinajstić information content (AvgIpc) is 3.40. The summed E-state index contributed by atoms with van der Waals surface area (Å²) in [6.45, 7) is 6.09. The lowest BCUT2D eigenvalue weighted by atomic mass is 9.66. The predicted octanol–water partition coefficient (Wildman–Crippen LogP) is 4.77. The molecule has 0 saturated heterocycles. The number of fused-ring (bicyclic) bond motifs is 5. The monoisotopic (exact) mass is 446 g/mol. The number of rotatable bonds is 3. The van der Waals surface area contributed by atoms with E-state index >= 15 is 0 Å². The molecule has 3 heterocycles. The van der Waals surface area contributed by atoms with Crippen LogP contribution in [0, 0.1) is 24.0 Å². The highest BCUT2D eigenvalue weighted by Gasteiger charge is 2.65. The van der Waals surface area contributed by atoms with E-state index in [4.69, 9.17) is 9.40 Å². The minimum Gasteiger partial charge on any atom is -0.418 e. The number of halogens is 2. The van der Waals surface area contributed by atoms with Gasteiger partial charge in [-0.05, 0) is 54.0 Å². The fourth-order valence-corrected chi connectivity index (χ4v) is 5.84. The van der Waals surface area contributed by atoms with E-state index in [1.54, 1.807) is 19.2 Å². The fraction of sp³-hybridized carbons (Fsp3) is 0.333. The van der Waals surface area contributed by atoms with Crippen molar-refractivity contribution in [2.45, 2.75) is 44.9 Å². The Hall–Kier alpha value is -3.62. The minimum absolute atomic E-state index is 0.153. The predicted molar refractivity (Wildman–Crippen MR) is 114 cm³/mol. The van der Waals surface area contributed by atoms with Crippen molar-refractivity contribution in [1.82, 2.24) is 30.4 Å². The quantitative estimate of drug-likeness (QED) is 0.448. The van der Waals surface area contributed by atoms with E-state index in [9.17, 15) is 8.78 Å². The summed E-state index contributed by atoms with van der Waals surface area (Å²) in [6.07, 6.45) is 3.42. The van der Waals surface area contributed by atoms with Gasteiger partial charge in [0.05, 0.1) is 28.1 Å². The third-order valence-electron chi connectivity index (χ3n) is 7.41. The first-order chi connectivity index (χ1) is 15.8. The Labute approximate surface area is 188 Å².